The molecule has 0 bridgehead atoms. The molecule has 0 saturated heterocycles. The van der Waals surface area contributed by atoms with Gasteiger partial charge in [0, 0.05) is 42.1 Å². The molecule has 138 valence electrons. The van der Waals surface area contributed by atoms with Crippen LogP contribution in [0.2, 0.25) is 5.02 Å². The lowest BCUT2D eigenvalue weighted by atomic mass is 10.2. The molecule has 2 aromatic heterocycles. The first-order chi connectivity index (χ1) is 13.3. The number of H-pyrrole nitrogens is 1. The van der Waals surface area contributed by atoms with Crippen molar-refractivity contribution in [1.82, 2.24) is 25.1 Å². The molecule has 0 spiro atoms. The third-order valence-electron chi connectivity index (χ3n) is 3.76. The lowest BCUT2D eigenvalue weighted by Gasteiger charge is -2.02. The number of benzene rings is 1. The molecular weight excluding hydrogens is 362 g/mol. The summed E-state index contributed by atoms with van der Waals surface area (Å²) < 4.78 is 1.76. The number of imidazole rings is 1. The summed E-state index contributed by atoms with van der Waals surface area (Å²) >= 11 is 6.06. The number of nitrogens with zero attached hydrogens (tertiary/aromatic N) is 5. The zero-order valence-electron chi connectivity index (χ0n) is 14.7. The monoisotopic (exact) mass is 381 g/mol. The van der Waals surface area contributed by atoms with Gasteiger partial charge in [-0.05, 0) is 31.0 Å². The van der Waals surface area contributed by atoms with Crippen molar-refractivity contribution in [3.05, 3.63) is 77.7 Å². The zero-order chi connectivity index (χ0) is 18.9. The fraction of sp³-hybridized carbons (Fsp3) is 0.158. The minimum Gasteiger partial charge on any atom is -0.351 e. The summed E-state index contributed by atoms with van der Waals surface area (Å²) in [6, 6.07) is 7.51. The first-order valence-corrected chi connectivity index (χ1v) is 8.80. The predicted octanol–water partition coefficient (Wildman–Crippen LogP) is 3.04. The number of aromatic nitrogens is 4. The fourth-order valence-corrected chi connectivity index (χ4v) is 2.63. The molecule has 0 aliphatic heterocycles. The van der Waals surface area contributed by atoms with Crippen LogP contribution in [-0.2, 0) is 6.42 Å². The van der Waals surface area contributed by atoms with Crippen molar-refractivity contribution < 1.29 is 0 Å². The highest BCUT2D eigenvalue weighted by Crippen LogP contribution is 2.15. The van der Waals surface area contributed by atoms with Crippen molar-refractivity contribution in [2.45, 2.75) is 6.42 Å². The van der Waals surface area contributed by atoms with Gasteiger partial charge in [-0.15, -0.1) is 0 Å². The second-order valence-electron chi connectivity index (χ2n) is 5.66. The Bertz CT molecular complexity index is 925. The van der Waals surface area contributed by atoms with Gasteiger partial charge in [-0.25, -0.2) is 9.67 Å². The highest BCUT2D eigenvalue weighted by molar-refractivity contribution is 6.30. The number of nitrogens with one attached hydrogen (secondary N) is 2. The van der Waals surface area contributed by atoms with Gasteiger partial charge in [0.25, 0.3) is 0 Å². The van der Waals surface area contributed by atoms with Crippen LogP contribution >= 0.6 is 11.6 Å². The van der Waals surface area contributed by atoms with E-state index in [1.165, 1.54) is 0 Å². The molecule has 0 aliphatic rings. The molecule has 2 heterocycles. The van der Waals surface area contributed by atoms with Crippen molar-refractivity contribution >= 4 is 24.0 Å². The first kappa shape index (κ1) is 18.8. The molecule has 0 unspecified atom stereocenters. The molecule has 3 aromatic rings. The average molecular weight is 382 g/mol. The minimum atomic E-state index is 0.476. The van der Waals surface area contributed by atoms with Crippen LogP contribution in [0.25, 0.3) is 5.69 Å². The van der Waals surface area contributed by atoms with Crippen LogP contribution in [0.1, 0.15) is 11.3 Å². The second kappa shape index (κ2) is 9.61. The Morgan fingerprint density at radius 2 is 2.33 bits per heavy atom. The van der Waals surface area contributed by atoms with Gasteiger partial charge in [0.2, 0.25) is 0 Å². The summed E-state index contributed by atoms with van der Waals surface area (Å²) in [6.45, 7) is 4.73. The summed E-state index contributed by atoms with van der Waals surface area (Å²) in [4.78, 5) is 15.5. The van der Waals surface area contributed by atoms with E-state index >= 15 is 0 Å². The zero-order valence-corrected chi connectivity index (χ0v) is 15.5. The van der Waals surface area contributed by atoms with Crippen LogP contribution in [0.4, 0.5) is 0 Å². The molecule has 0 amide bonds. The molecule has 1 aromatic carbocycles. The van der Waals surface area contributed by atoms with Crippen LogP contribution in [0.15, 0.2) is 71.4 Å². The molecule has 3 rings (SSSR count). The maximum absolute atomic E-state index is 6.06. The maximum Gasteiger partial charge on any atom is 0.0923 e. The Morgan fingerprint density at radius 1 is 1.41 bits per heavy atom. The number of allylic oxidation sites excluding steroid dienone is 1. The fourth-order valence-electron chi connectivity index (χ4n) is 2.44. The highest BCUT2D eigenvalue weighted by Gasteiger charge is 2.06. The van der Waals surface area contributed by atoms with Gasteiger partial charge in [-0.2, -0.15) is 5.10 Å². The first-order valence-electron chi connectivity index (χ1n) is 8.42. The predicted molar refractivity (Wildman–Crippen MR) is 109 cm³/mol. The molecular formula is C19H20ClN7. The van der Waals surface area contributed by atoms with Crippen LogP contribution < -0.4 is 5.32 Å². The van der Waals surface area contributed by atoms with Crippen molar-refractivity contribution in [2.75, 3.05) is 13.2 Å². The summed E-state index contributed by atoms with van der Waals surface area (Å²) in [6.07, 6.45) is 11.5. The quantitative estimate of drug-likeness (QED) is 0.441. The molecule has 0 saturated carbocycles. The van der Waals surface area contributed by atoms with Crippen molar-refractivity contribution in [3.63, 3.8) is 0 Å². The molecule has 27 heavy (non-hydrogen) atoms. The normalized spacial score (nSPS) is 12.0. The van der Waals surface area contributed by atoms with E-state index in [2.05, 4.69) is 37.1 Å². The molecule has 0 radical (unpaired) electrons. The van der Waals surface area contributed by atoms with Crippen LogP contribution in [-0.4, -0.2) is 45.4 Å². The van der Waals surface area contributed by atoms with E-state index in [0.717, 1.165) is 35.6 Å². The Hall–Kier alpha value is -3.03. The van der Waals surface area contributed by atoms with Gasteiger partial charge in [0.05, 0.1) is 36.3 Å². The molecule has 0 aliphatic carbocycles. The lowest BCUT2D eigenvalue weighted by molar-refractivity contribution is 0.697. The number of hydrogen-bond donors (Lipinski definition) is 2. The van der Waals surface area contributed by atoms with E-state index in [4.69, 9.17) is 11.6 Å². The number of aliphatic imine (C=N–C) groups is 2. The van der Waals surface area contributed by atoms with Gasteiger partial charge in [0.1, 0.15) is 0 Å². The number of aromatic amines is 1. The molecule has 8 heteroatoms. The third-order valence-corrected chi connectivity index (χ3v) is 4.00. The van der Waals surface area contributed by atoms with E-state index in [1.54, 1.807) is 23.4 Å². The van der Waals surface area contributed by atoms with Crippen molar-refractivity contribution in [2.24, 2.45) is 9.98 Å². The van der Waals surface area contributed by atoms with E-state index < -0.39 is 0 Å². The third kappa shape index (κ3) is 5.47. The summed E-state index contributed by atoms with van der Waals surface area (Å²) in [5.41, 5.74) is 3.55. The molecule has 2 N–H and O–H groups in total. The number of rotatable bonds is 9. The smallest absolute Gasteiger partial charge is 0.0923 e. The molecule has 0 atom stereocenters. The SMILES string of the molecule is C=N/C=C\C(=N/CNCCc1c[nH]cn1)c1cnn(-c2cccc(Cl)c2)c1. The topological polar surface area (TPSA) is 83.2 Å². The largest absolute Gasteiger partial charge is 0.351 e. The van der Waals surface area contributed by atoms with E-state index in [9.17, 15) is 0 Å². The molecule has 0 fully saturated rings. The number of halogens is 1. The standard InChI is InChI=1S/C19H20ClN7/c1-21-7-6-19(25-13-22-8-5-17-11-23-14-24-17)15-10-26-27(12-15)18-4-2-3-16(20)9-18/h2-4,6-7,9-12,14,22H,1,5,8,13H2,(H,23,24)/b7-6-,25-19+. The highest BCUT2D eigenvalue weighted by atomic mass is 35.5. The Labute approximate surface area is 162 Å². The van der Waals surface area contributed by atoms with Gasteiger partial charge in [0.15, 0.2) is 0 Å². The Kier molecular flexibility index (Phi) is 6.67. The van der Waals surface area contributed by atoms with Gasteiger partial charge >= 0.3 is 0 Å². The maximum atomic E-state index is 6.06. The Morgan fingerprint density at radius 3 is 3.11 bits per heavy atom. The van der Waals surface area contributed by atoms with Crippen molar-refractivity contribution in [1.29, 1.82) is 0 Å². The molecule has 7 nitrogen and oxygen atoms in total. The van der Waals surface area contributed by atoms with E-state index in [1.807, 2.05) is 42.7 Å². The second-order valence-corrected chi connectivity index (χ2v) is 6.10. The summed E-state index contributed by atoms with van der Waals surface area (Å²) in [5.74, 6) is 0. The number of hydrogen-bond acceptors (Lipinski definition) is 5. The van der Waals surface area contributed by atoms with Gasteiger partial charge < -0.3 is 4.98 Å². The van der Waals surface area contributed by atoms with Crippen LogP contribution in [0.5, 0.6) is 0 Å². The minimum absolute atomic E-state index is 0.476. The average Bonchev–Trinajstić information content (AvgIpc) is 3.36. The lowest BCUT2D eigenvalue weighted by Crippen LogP contribution is -2.18. The van der Waals surface area contributed by atoms with Crippen LogP contribution in [0.3, 0.4) is 0 Å². The summed E-state index contributed by atoms with van der Waals surface area (Å²) in [7, 11) is 0. The summed E-state index contributed by atoms with van der Waals surface area (Å²) in [5, 5.41) is 8.34. The van der Waals surface area contributed by atoms with Gasteiger partial charge in [-0.3, -0.25) is 15.3 Å². The van der Waals surface area contributed by atoms with Crippen molar-refractivity contribution in [3.8, 4) is 5.69 Å². The Balaban J connectivity index is 1.67. The van der Waals surface area contributed by atoms with Crippen LogP contribution in [0, 0.1) is 0 Å². The van der Waals surface area contributed by atoms with Gasteiger partial charge in [-0.1, -0.05) is 17.7 Å². The van der Waals surface area contributed by atoms with E-state index in [-0.39, 0.29) is 0 Å². The van der Waals surface area contributed by atoms with E-state index in [0.29, 0.717) is 11.7 Å².